The molecule has 0 aliphatic carbocycles. The van der Waals surface area contributed by atoms with E-state index in [2.05, 4.69) is 15.5 Å². The topological polar surface area (TPSA) is 71.3 Å². The summed E-state index contributed by atoms with van der Waals surface area (Å²) in [6.45, 7) is 2.70. The molecule has 2 amide bonds. The van der Waals surface area contributed by atoms with Crippen molar-refractivity contribution < 1.29 is 9.32 Å². The first kappa shape index (κ1) is 17.3. The second-order valence-electron chi connectivity index (χ2n) is 6.83. The number of hydrogen-bond acceptors (Lipinski definition) is 4. The molecule has 1 fully saturated rings. The average Bonchev–Trinajstić information content (AvgIpc) is 3.19. The SMILES string of the molecule is Cc1cccc(-c2noc(C3CCCCN3C(=O)Nc3ccccc3)n2)c1. The molecule has 3 aromatic rings. The van der Waals surface area contributed by atoms with Crippen LogP contribution < -0.4 is 5.32 Å². The molecule has 2 aromatic carbocycles. The molecule has 0 spiro atoms. The number of hydrogen-bond donors (Lipinski definition) is 1. The van der Waals surface area contributed by atoms with Gasteiger partial charge >= 0.3 is 6.03 Å². The lowest BCUT2D eigenvalue weighted by Crippen LogP contribution is -2.41. The number of urea groups is 1. The third-order valence-corrected chi connectivity index (χ3v) is 4.79. The van der Waals surface area contributed by atoms with Gasteiger partial charge in [-0.3, -0.25) is 0 Å². The first-order valence-electron chi connectivity index (χ1n) is 9.24. The van der Waals surface area contributed by atoms with Crippen LogP contribution >= 0.6 is 0 Å². The summed E-state index contributed by atoms with van der Waals surface area (Å²) in [6.07, 6.45) is 2.82. The molecule has 2 heterocycles. The maximum Gasteiger partial charge on any atom is 0.322 e. The highest BCUT2D eigenvalue weighted by Crippen LogP contribution is 2.31. The number of amides is 2. The minimum atomic E-state index is -0.200. The van der Waals surface area contributed by atoms with E-state index in [1.165, 1.54) is 0 Å². The molecular formula is C21H22N4O2. The van der Waals surface area contributed by atoms with Crippen molar-refractivity contribution in [3.8, 4) is 11.4 Å². The summed E-state index contributed by atoms with van der Waals surface area (Å²) < 4.78 is 5.55. The molecule has 1 aliphatic rings. The molecule has 0 bridgehead atoms. The highest BCUT2D eigenvalue weighted by atomic mass is 16.5. The molecule has 1 unspecified atom stereocenters. The van der Waals surface area contributed by atoms with Crippen LogP contribution in [0.3, 0.4) is 0 Å². The first-order valence-corrected chi connectivity index (χ1v) is 9.24. The van der Waals surface area contributed by atoms with Crippen LogP contribution in [-0.2, 0) is 0 Å². The van der Waals surface area contributed by atoms with E-state index in [-0.39, 0.29) is 12.1 Å². The van der Waals surface area contributed by atoms with E-state index in [1.54, 1.807) is 4.90 Å². The number of likely N-dealkylation sites (tertiary alicyclic amines) is 1. The van der Waals surface area contributed by atoms with Crippen molar-refractivity contribution >= 4 is 11.7 Å². The number of rotatable bonds is 3. The van der Waals surface area contributed by atoms with Crippen molar-refractivity contribution in [3.63, 3.8) is 0 Å². The third kappa shape index (κ3) is 3.84. The normalized spacial score (nSPS) is 16.9. The fourth-order valence-corrected chi connectivity index (χ4v) is 3.42. The Morgan fingerprint density at radius 2 is 2.00 bits per heavy atom. The first-order chi connectivity index (χ1) is 13.2. The van der Waals surface area contributed by atoms with Crippen LogP contribution in [0.4, 0.5) is 10.5 Å². The van der Waals surface area contributed by atoms with E-state index in [0.717, 1.165) is 36.1 Å². The van der Waals surface area contributed by atoms with Gasteiger partial charge in [-0.1, -0.05) is 47.1 Å². The number of nitrogens with zero attached hydrogens (tertiary/aromatic N) is 3. The van der Waals surface area contributed by atoms with Gasteiger partial charge in [0.25, 0.3) is 0 Å². The standard InChI is InChI=1S/C21H22N4O2/c1-15-8-7-9-16(14-15)19-23-20(27-24-19)18-12-5-6-13-25(18)21(26)22-17-10-3-2-4-11-17/h2-4,7-11,14,18H,5-6,12-13H2,1H3,(H,22,26). The van der Waals surface area contributed by atoms with E-state index in [9.17, 15) is 4.79 Å². The quantitative estimate of drug-likeness (QED) is 0.726. The maximum absolute atomic E-state index is 12.8. The van der Waals surface area contributed by atoms with Crippen molar-refractivity contribution in [3.05, 3.63) is 66.1 Å². The van der Waals surface area contributed by atoms with Crippen molar-refractivity contribution in [1.82, 2.24) is 15.0 Å². The van der Waals surface area contributed by atoms with Crippen molar-refractivity contribution in [2.45, 2.75) is 32.2 Å². The van der Waals surface area contributed by atoms with Gasteiger partial charge in [0.05, 0.1) is 0 Å². The minimum Gasteiger partial charge on any atom is -0.337 e. The summed E-state index contributed by atoms with van der Waals surface area (Å²) in [5, 5.41) is 7.09. The fourth-order valence-electron chi connectivity index (χ4n) is 3.42. The smallest absolute Gasteiger partial charge is 0.322 e. The van der Waals surface area contributed by atoms with Gasteiger partial charge in [-0.2, -0.15) is 4.98 Å². The zero-order valence-electron chi connectivity index (χ0n) is 15.3. The van der Waals surface area contributed by atoms with Crippen molar-refractivity contribution in [1.29, 1.82) is 0 Å². The molecule has 1 aromatic heterocycles. The summed E-state index contributed by atoms with van der Waals surface area (Å²) in [5.74, 6) is 1.05. The number of carbonyl (C=O) groups excluding carboxylic acids is 1. The van der Waals surface area contributed by atoms with Crippen LogP contribution in [0.25, 0.3) is 11.4 Å². The van der Waals surface area contributed by atoms with Crippen LogP contribution in [0.1, 0.15) is 36.8 Å². The van der Waals surface area contributed by atoms with E-state index < -0.39 is 0 Å². The molecule has 0 radical (unpaired) electrons. The molecule has 1 atom stereocenters. The number of aryl methyl sites for hydroxylation is 1. The van der Waals surface area contributed by atoms with E-state index in [0.29, 0.717) is 18.3 Å². The molecule has 1 saturated heterocycles. The third-order valence-electron chi connectivity index (χ3n) is 4.79. The number of carbonyl (C=O) groups is 1. The average molecular weight is 362 g/mol. The van der Waals surface area contributed by atoms with E-state index in [4.69, 9.17) is 4.52 Å². The fraction of sp³-hybridized carbons (Fsp3) is 0.286. The zero-order valence-corrected chi connectivity index (χ0v) is 15.3. The van der Waals surface area contributed by atoms with Crippen LogP contribution in [0.5, 0.6) is 0 Å². The number of aromatic nitrogens is 2. The molecule has 138 valence electrons. The number of para-hydroxylation sites is 1. The lowest BCUT2D eigenvalue weighted by atomic mass is 10.0. The Hall–Kier alpha value is -3.15. The summed E-state index contributed by atoms with van der Waals surface area (Å²) in [5.41, 5.74) is 2.83. The molecular weight excluding hydrogens is 340 g/mol. The number of benzene rings is 2. The largest absolute Gasteiger partial charge is 0.337 e. The Balaban J connectivity index is 1.55. The Morgan fingerprint density at radius 3 is 2.81 bits per heavy atom. The van der Waals surface area contributed by atoms with E-state index >= 15 is 0 Å². The summed E-state index contributed by atoms with van der Waals surface area (Å²) in [6, 6.07) is 17.1. The van der Waals surface area contributed by atoms with Gasteiger partial charge in [0.15, 0.2) is 0 Å². The predicted octanol–water partition coefficient (Wildman–Crippen LogP) is 4.80. The molecule has 6 nitrogen and oxygen atoms in total. The Labute approximate surface area is 158 Å². The lowest BCUT2D eigenvalue weighted by Gasteiger charge is -2.33. The molecule has 1 aliphatic heterocycles. The number of anilines is 1. The Bertz CT molecular complexity index is 923. The number of piperidine rings is 1. The molecule has 4 rings (SSSR count). The van der Waals surface area contributed by atoms with Crippen LogP contribution in [0, 0.1) is 6.92 Å². The van der Waals surface area contributed by atoms with Crippen molar-refractivity contribution in [2.75, 3.05) is 11.9 Å². The zero-order chi connectivity index (χ0) is 18.6. The summed E-state index contributed by atoms with van der Waals surface area (Å²) >= 11 is 0. The van der Waals surface area contributed by atoms with Gasteiger partial charge in [0.2, 0.25) is 11.7 Å². The second-order valence-corrected chi connectivity index (χ2v) is 6.83. The summed E-state index contributed by atoms with van der Waals surface area (Å²) in [4.78, 5) is 19.2. The van der Waals surface area contributed by atoms with Gasteiger partial charge in [0.1, 0.15) is 6.04 Å². The monoisotopic (exact) mass is 362 g/mol. The van der Waals surface area contributed by atoms with Crippen LogP contribution in [0.15, 0.2) is 59.1 Å². The van der Waals surface area contributed by atoms with Gasteiger partial charge in [0, 0.05) is 17.8 Å². The number of nitrogens with one attached hydrogen (secondary N) is 1. The highest BCUT2D eigenvalue weighted by Gasteiger charge is 2.32. The van der Waals surface area contributed by atoms with E-state index in [1.807, 2.05) is 61.5 Å². The van der Waals surface area contributed by atoms with Crippen LogP contribution in [-0.4, -0.2) is 27.6 Å². The van der Waals surface area contributed by atoms with Crippen molar-refractivity contribution in [2.24, 2.45) is 0 Å². The molecule has 1 N–H and O–H groups in total. The predicted molar refractivity (Wildman–Crippen MR) is 103 cm³/mol. The Morgan fingerprint density at radius 1 is 1.15 bits per heavy atom. The van der Waals surface area contributed by atoms with Crippen LogP contribution in [0.2, 0.25) is 0 Å². The molecule has 0 saturated carbocycles. The molecule has 6 heteroatoms. The van der Waals surface area contributed by atoms with Gasteiger partial charge in [-0.15, -0.1) is 0 Å². The molecule has 27 heavy (non-hydrogen) atoms. The van der Waals surface area contributed by atoms with Gasteiger partial charge in [-0.05, 0) is 44.4 Å². The van der Waals surface area contributed by atoms with Gasteiger partial charge < -0.3 is 14.7 Å². The second kappa shape index (κ2) is 7.61. The van der Waals surface area contributed by atoms with Gasteiger partial charge in [-0.25, -0.2) is 4.79 Å². The highest BCUT2D eigenvalue weighted by molar-refractivity contribution is 5.89. The Kier molecular flexibility index (Phi) is 4.87. The maximum atomic E-state index is 12.8. The lowest BCUT2D eigenvalue weighted by molar-refractivity contribution is 0.142. The summed E-state index contributed by atoms with van der Waals surface area (Å²) in [7, 11) is 0. The minimum absolute atomic E-state index is 0.138.